The standard InChI is InChI=1S/C14H20N2O3S/c1-10-15-12(9-20-10)8-18-13-4-5-16(6-13)14(17)19-7-11-2-3-11/h9,11,13H,2-8H2,1H3/t13-/m0/s1. The molecule has 2 aliphatic rings. The van der Waals surface area contributed by atoms with Gasteiger partial charge in [-0.25, -0.2) is 9.78 Å². The van der Waals surface area contributed by atoms with Gasteiger partial charge < -0.3 is 14.4 Å². The monoisotopic (exact) mass is 296 g/mol. The molecule has 1 aromatic rings. The molecule has 0 radical (unpaired) electrons. The maximum Gasteiger partial charge on any atom is 0.409 e. The van der Waals surface area contributed by atoms with Crippen LogP contribution in [0.5, 0.6) is 0 Å². The maximum atomic E-state index is 11.8. The number of nitrogens with zero attached hydrogens (tertiary/aromatic N) is 2. The second-order valence-corrected chi connectivity index (χ2v) is 6.61. The smallest absolute Gasteiger partial charge is 0.409 e. The lowest BCUT2D eigenvalue weighted by Crippen LogP contribution is -2.31. The first-order valence-corrected chi connectivity index (χ1v) is 8.03. The highest BCUT2D eigenvalue weighted by Crippen LogP contribution is 2.29. The third-order valence-electron chi connectivity index (χ3n) is 3.68. The SMILES string of the molecule is Cc1nc(CO[C@H]2CCN(C(=O)OCC3CC3)C2)cs1. The minimum atomic E-state index is -0.187. The van der Waals surface area contributed by atoms with Gasteiger partial charge in [0.05, 0.1) is 36.6 Å². The van der Waals surface area contributed by atoms with Crippen LogP contribution in [0.3, 0.4) is 0 Å². The topological polar surface area (TPSA) is 51.7 Å². The average Bonchev–Trinajstić information content (AvgIpc) is 2.98. The molecular formula is C14H20N2O3S. The predicted octanol–water partition coefficient (Wildman–Crippen LogP) is 2.59. The van der Waals surface area contributed by atoms with E-state index in [1.54, 1.807) is 16.2 Å². The van der Waals surface area contributed by atoms with Crippen LogP contribution in [0.2, 0.25) is 0 Å². The zero-order valence-corrected chi connectivity index (χ0v) is 12.5. The van der Waals surface area contributed by atoms with E-state index in [9.17, 15) is 4.79 Å². The molecule has 0 aromatic carbocycles. The third-order valence-corrected chi connectivity index (χ3v) is 4.50. The van der Waals surface area contributed by atoms with E-state index < -0.39 is 0 Å². The lowest BCUT2D eigenvalue weighted by molar-refractivity contribution is 0.0420. The van der Waals surface area contributed by atoms with Crippen molar-refractivity contribution in [1.82, 2.24) is 9.88 Å². The fourth-order valence-corrected chi connectivity index (χ4v) is 2.87. The number of thiazole rings is 1. The summed E-state index contributed by atoms with van der Waals surface area (Å²) in [5, 5.41) is 3.08. The molecule has 5 nitrogen and oxygen atoms in total. The molecule has 6 heteroatoms. The van der Waals surface area contributed by atoms with Crippen LogP contribution in [-0.4, -0.2) is 41.8 Å². The highest BCUT2D eigenvalue weighted by Gasteiger charge is 2.30. The van der Waals surface area contributed by atoms with Crippen molar-refractivity contribution >= 4 is 17.4 Å². The largest absolute Gasteiger partial charge is 0.449 e. The van der Waals surface area contributed by atoms with Gasteiger partial charge in [0, 0.05) is 11.9 Å². The zero-order valence-electron chi connectivity index (χ0n) is 11.7. The van der Waals surface area contributed by atoms with E-state index in [-0.39, 0.29) is 12.2 Å². The number of likely N-dealkylation sites (tertiary alicyclic amines) is 1. The lowest BCUT2D eigenvalue weighted by atomic mass is 10.3. The molecule has 3 rings (SSSR count). The molecule has 0 unspecified atom stereocenters. The fourth-order valence-electron chi connectivity index (χ4n) is 2.27. The second-order valence-electron chi connectivity index (χ2n) is 5.55. The summed E-state index contributed by atoms with van der Waals surface area (Å²) < 4.78 is 11.1. The van der Waals surface area contributed by atoms with E-state index >= 15 is 0 Å². The highest BCUT2D eigenvalue weighted by molar-refractivity contribution is 7.09. The van der Waals surface area contributed by atoms with Crippen LogP contribution in [0.15, 0.2) is 5.38 Å². The van der Waals surface area contributed by atoms with Gasteiger partial charge in [-0.15, -0.1) is 11.3 Å². The van der Waals surface area contributed by atoms with Crippen LogP contribution in [0.4, 0.5) is 4.79 Å². The van der Waals surface area contributed by atoms with Gasteiger partial charge in [0.2, 0.25) is 0 Å². The average molecular weight is 296 g/mol. The van der Waals surface area contributed by atoms with Gasteiger partial charge in [-0.2, -0.15) is 0 Å². The van der Waals surface area contributed by atoms with Crippen LogP contribution in [0, 0.1) is 12.8 Å². The molecule has 1 saturated carbocycles. The number of rotatable bonds is 5. The number of carbonyl (C=O) groups excluding carboxylic acids is 1. The predicted molar refractivity (Wildman–Crippen MR) is 75.7 cm³/mol. The summed E-state index contributed by atoms with van der Waals surface area (Å²) in [4.78, 5) is 18.0. The lowest BCUT2D eigenvalue weighted by Gasteiger charge is -2.16. The van der Waals surface area contributed by atoms with E-state index in [0.717, 1.165) is 23.7 Å². The molecule has 2 heterocycles. The van der Waals surface area contributed by atoms with Crippen molar-refractivity contribution in [2.75, 3.05) is 19.7 Å². The van der Waals surface area contributed by atoms with Gasteiger partial charge in [0.25, 0.3) is 0 Å². The number of hydrogen-bond acceptors (Lipinski definition) is 5. The Morgan fingerprint density at radius 3 is 3.05 bits per heavy atom. The summed E-state index contributed by atoms with van der Waals surface area (Å²) in [6.45, 7) is 4.46. The Labute approximate surface area is 122 Å². The van der Waals surface area contributed by atoms with Crippen LogP contribution < -0.4 is 0 Å². The molecule has 1 saturated heterocycles. The third kappa shape index (κ3) is 3.70. The number of amides is 1. The fraction of sp³-hybridized carbons (Fsp3) is 0.714. The second kappa shape index (κ2) is 6.10. The van der Waals surface area contributed by atoms with Gasteiger partial charge in [-0.1, -0.05) is 0 Å². The van der Waals surface area contributed by atoms with Crippen molar-refractivity contribution in [2.24, 2.45) is 5.92 Å². The van der Waals surface area contributed by atoms with Crippen LogP contribution in [0.25, 0.3) is 0 Å². The van der Waals surface area contributed by atoms with Crippen LogP contribution in [-0.2, 0) is 16.1 Å². The van der Waals surface area contributed by atoms with E-state index in [4.69, 9.17) is 9.47 Å². The van der Waals surface area contributed by atoms with Crippen LogP contribution >= 0.6 is 11.3 Å². The van der Waals surface area contributed by atoms with Gasteiger partial charge in [0.1, 0.15) is 0 Å². The van der Waals surface area contributed by atoms with Crippen molar-refractivity contribution in [3.63, 3.8) is 0 Å². The molecule has 1 aliphatic carbocycles. The molecule has 1 atom stereocenters. The molecule has 0 N–H and O–H groups in total. The Balaban J connectivity index is 1.38. The molecule has 2 fully saturated rings. The summed E-state index contributed by atoms with van der Waals surface area (Å²) in [5.41, 5.74) is 0.974. The van der Waals surface area contributed by atoms with E-state index in [1.807, 2.05) is 12.3 Å². The Bertz CT molecular complexity index is 473. The Kier molecular flexibility index (Phi) is 4.21. The van der Waals surface area contributed by atoms with Gasteiger partial charge in [-0.3, -0.25) is 0 Å². The van der Waals surface area contributed by atoms with E-state index in [1.165, 1.54) is 12.8 Å². The van der Waals surface area contributed by atoms with Crippen LogP contribution in [0.1, 0.15) is 30.0 Å². The molecular weight excluding hydrogens is 276 g/mol. The van der Waals surface area contributed by atoms with Gasteiger partial charge in [0.15, 0.2) is 0 Å². The number of hydrogen-bond donors (Lipinski definition) is 0. The highest BCUT2D eigenvalue weighted by atomic mass is 32.1. The molecule has 20 heavy (non-hydrogen) atoms. The molecule has 1 aliphatic heterocycles. The Morgan fingerprint density at radius 1 is 1.50 bits per heavy atom. The van der Waals surface area contributed by atoms with E-state index in [2.05, 4.69) is 4.98 Å². The first-order valence-electron chi connectivity index (χ1n) is 7.15. The summed E-state index contributed by atoms with van der Waals surface area (Å²) in [7, 11) is 0. The molecule has 1 amide bonds. The van der Waals surface area contributed by atoms with Crippen molar-refractivity contribution in [1.29, 1.82) is 0 Å². The first-order chi connectivity index (χ1) is 9.70. The molecule has 110 valence electrons. The first kappa shape index (κ1) is 13.8. The van der Waals surface area contributed by atoms with E-state index in [0.29, 0.717) is 25.7 Å². The van der Waals surface area contributed by atoms with Crippen molar-refractivity contribution in [2.45, 2.75) is 38.9 Å². The number of aryl methyl sites for hydroxylation is 1. The maximum absolute atomic E-state index is 11.8. The van der Waals surface area contributed by atoms with Crippen molar-refractivity contribution < 1.29 is 14.3 Å². The van der Waals surface area contributed by atoms with Gasteiger partial charge >= 0.3 is 6.09 Å². The summed E-state index contributed by atoms with van der Waals surface area (Å²) in [6.07, 6.45) is 3.19. The minimum absolute atomic E-state index is 0.102. The Hall–Kier alpha value is -1.14. The van der Waals surface area contributed by atoms with Crippen molar-refractivity contribution in [3.05, 3.63) is 16.1 Å². The minimum Gasteiger partial charge on any atom is -0.449 e. The Morgan fingerprint density at radius 2 is 2.35 bits per heavy atom. The summed E-state index contributed by atoms with van der Waals surface area (Å²) >= 11 is 1.63. The number of aromatic nitrogens is 1. The summed E-state index contributed by atoms with van der Waals surface area (Å²) in [5.74, 6) is 0.613. The number of carbonyl (C=O) groups is 1. The normalized spacial score (nSPS) is 22.2. The molecule has 0 bridgehead atoms. The molecule has 0 spiro atoms. The molecule has 1 aromatic heterocycles. The summed E-state index contributed by atoms with van der Waals surface area (Å²) in [6, 6.07) is 0. The van der Waals surface area contributed by atoms with Crippen molar-refractivity contribution in [3.8, 4) is 0 Å². The zero-order chi connectivity index (χ0) is 13.9. The number of ether oxygens (including phenoxy) is 2. The van der Waals surface area contributed by atoms with Gasteiger partial charge in [-0.05, 0) is 32.1 Å². The quantitative estimate of drug-likeness (QED) is 0.838.